The van der Waals surface area contributed by atoms with Gasteiger partial charge in [-0.15, -0.1) is 0 Å². The molecule has 27 heavy (non-hydrogen) atoms. The summed E-state index contributed by atoms with van der Waals surface area (Å²) in [5.74, 6) is -0.590. The number of hydrogen-bond acceptors (Lipinski definition) is 5. The molecule has 0 aliphatic rings. The van der Waals surface area contributed by atoms with Crippen LogP contribution in [0.2, 0.25) is 0 Å². The molecule has 2 aromatic rings. The van der Waals surface area contributed by atoms with E-state index in [4.69, 9.17) is 4.74 Å². The summed E-state index contributed by atoms with van der Waals surface area (Å²) in [4.78, 5) is 12.7. The fourth-order valence-electron chi connectivity index (χ4n) is 2.43. The number of allylic oxidation sites excluding steroid dienone is 3. The number of halogens is 1. The van der Waals surface area contributed by atoms with Gasteiger partial charge >= 0.3 is 0 Å². The lowest BCUT2D eigenvalue weighted by Gasteiger charge is -2.14. The summed E-state index contributed by atoms with van der Waals surface area (Å²) in [5.41, 5.74) is 2.04. The van der Waals surface area contributed by atoms with Crippen molar-refractivity contribution >= 4 is 34.5 Å². The number of rotatable bonds is 7. The third-order valence-electron chi connectivity index (χ3n) is 3.84. The van der Waals surface area contributed by atoms with E-state index < -0.39 is 5.78 Å². The van der Waals surface area contributed by atoms with Crippen LogP contribution in [0.3, 0.4) is 0 Å². The number of carbonyl (C=O) groups is 1. The van der Waals surface area contributed by atoms with E-state index in [1.165, 1.54) is 24.3 Å². The summed E-state index contributed by atoms with van der Waals surface area (Å²) < 4.78 is 5.69. The van der Waals surface area contributed by atoms with Crippen molar-refractivity contribution in [3.63, 3.8) is 0 Å². The van der Waals surface area contributed by atoms with Crippen molar-refractivity contribution in [2.24, 2.45) is 0 Å². The van der Waals surface area contributed by atoms with Crippen molar-refractivity contribution in [2.75, 3.05) is 4.61 Å². The van der Waals surface area contributed by atoms with E-state index >= 15 is 0 Å². The highest BCUT2D eigenvalue weighted by molar-refractivity contribution is 14.1. The number of phenols is 3. The summed E-state index contributed by atoms with van der Waals surface area (Å²) in [7, 11) is 0. The van der Waals surface area contributed by atoms with E-state index in [1.807, 2.05) is 42.5 Å². The molecule has 0 radical (unpaired) electrons. The van der Waals surface area contributed by atoms with Gasteiger partial charge in [0, 0.05) is 11.6 Å². The standard InChI is InChI=1S/C21H21IO5/c1-13(2)3-9-16-18(25)11-19(27-12-22)20(21(16)26)17(24)10-6-14-4-7-15(23)8-5-14/h3-8,10-11,23,25-26H,9,12H2,1-2H3/b10-6+. The molecule has 0 aromatic heterocycles. The average molecular weight is 480 g/mol. The first kappa shape index (κ1) is 20.8. The summed E-state index contributed by atoms with van der Waals surface area (Å²) in [6, 6.07) is 7.72. The molecule has 0 aliphatic heterocycles. The van der Waals surface area contributed by atoms with Crippen molar-refractivity contribution in [2.45, 2.75) is 20.3 Å². The maximum atomic E-state index is 12.7. The fourth-order valence-corrected chi connectivity index (χ4v) is 2.77. The number of ketones is 1. The third-order valence-corrected chi connectivity index (χ3v) is 4.15. The Bertz CT molecular complexity index is 878. The lowest BCUT2D eigenvalue weighted by Crippen LogP contribution is -2.03. The highest BCUT2D eigenvalue weighted by Gasteiger charge is 2.22. The van der Waals surface area contributed by atoms with E-state index in [2.05, 4.69) is 0 Å². The molecule has 0 unspecified atom stereocenters. The van der Waals surface area contributed by atoms with Crippen LogP contribution in [0.25, 0.3) is 6.08 Å². The van der Waals surface area contributed by atoms with Gasteiger partial charge in [-0.3, -0.25) is 4.79 Å². The fraction of sp³-hybridized carbons (Fsp3) is 0.190. The second-order valence-corrected chi connectivity index (χ2v) is 6.75. The Morgan fingerprint density at radius 3 is 2.41 bits per heavy atom. The van der Waals surface area contributed by atoms with Gasteiger partial charge in [-0.2, -0.15) is 0 Å². The van der Waals surface area contributed by atoms with Gasteiger partial charge in [-0.1, -0.05) is 29.9 Å². The number of phenolic OH excluding ortho intramolecular Hbond substituents is 3. The minimum Gasteiger partial charge on any atom is -0.508 e. The second kappa shape index (κ2) is 9.45. The molecule has 0 bridgehead atoms. The summed E-state index contributed by atoms with van der Waals surface area (Å²) in [6.45, 7) is 3.82. The summed E-state index contributed by atoms with van der Waals surface area (Å²) in [5, 5.41) is 30.2. The van der Waals surface area contributed by atoms with Crippen molar-refractivity contribution in [3.8, 4) is 23.0 Å². The van der Waals surface area contributed by atoms with Gasteiger partial charge in [0.2, 0.25) is 0 Å². The molecule has 3 N–H and O–H groups in total. The lowest BCUT2D eigenvalue weighted by molar-refractivity contribution is 0.104. The number of aromatic hydroxyl groups is 3. The highest BCUT2D eigenvalue weighted by atomic mass is 127. The largest absolute Gasteiger partial charge is 0.508 e. The van der Waals surface area contributed by atoms with Crippen molar-refractivity contribution in [3.05, 3.63) is 64.7 Å². The van der Waals surface area contributed by atoms with E-state index in [0.717, 1.165) is 11.1 Å². The van der Waals surface area contributed by atoms with Crippen LogP contribution in [0.15, 0.2) is 48.1 Å². The molecule has 0 atom stereocenters. The SMILES string of the molecule is CC(C)=CCc1c(O)cc(OCI)c(C(=O)/C=C/c2ccc(O)cc2)c1O. The Kier molecular flexibility index (Phi) is 7.29. The first-order valence-electron chi connectivity index (χ1n) is 8.24. The van der Waals surface area contributed by atoms with Gasteiger partial charge in [-0.25, -0.2) is 0 Å². The monoisotopic (exact) mass is 480 g/mol. The van der Waals surface area contributed by atoms with Crippen LogP contribution in [-0.4, -0.2) is 25.7 Å². The predicted octanol–water partition coefficient (Wildman–Crippen LogP) is 4.98. The first-order valence-corrected chi connectivity index (χ1v) is 9.77. The van der Waals surface area contributed by atoms with Gasteiger partial charge < -0.3 is 20.1 Å². The molecule has 0 amide bonds. The van der Waals surface area contributed by atoms with Crippen LogP contribution in [-0.2, 0) is 6.42 Å². The number of benzene rings is 2. The van der Waals surface area contributed by atoms with Crippen LogP contribution < -0.4 is 4.74 Å². The average Bonchev–Trinajstić information content (AvgIpc) is 2.60. The Labute approximate surface area is 171 Å². The van der Waals surface area contributed by atoms with Gasteiger partial charge in [-0.05, 0) is 66.6 Å². The molecule has 0 heterocycles. The van der Waals surface area contributed by atoms with Gasteiger partial charge in [0.25, 0.3) is 0 Å². The van der Waals surface area contributed by atoms with Crippen molar-refractivity contribution in [1.82, 2.24) is 0 Å². The number of alkyl halides is 1. The minimum absolute atomic E-state index is 0.0108. The normalized spacial score (nSPS) is 10.8. The predicted molar refractivity (Wildman–Crippen MR) is 114 cm³/mol. The molecular formula is C21H21IO5. The zero-order chi connectivity index (χ0) is 20.0. The molecule has 0 aliphatic carbocycles. The molecule has 0 saturated carbocycles. The highest BCUT2D eigenvalue weighted by Crippen LogP contribution is 2.39. The number of hydrogen-bond donors (Lipinski definition) is 3. The van der Waals surface area contributed by atoms with Crippen LogP contribution in [0, 0.1) is 0 Å². The molecule has 0 saturated heterocycles. The van der Waals surface area contributed by atoms with Crippen molar-refractivity contribution in [1.29, 1.82) is 0 Å². The molecular weight excluding hydrogens is 459 g/mol. The second-order valence-electron chi connectivity index (χ2n) is 6.12. The topological polar surface area (TPSA) is 87.0 Å². The molecule has 0 fully saturated rings. The molecule has 2 rings (SSSR count). The number of carbonyl (C=O) groups excluding carboxylic acids is 1. The Morgan fingerprint density at radius 2 is 1.81 bits per heavy atom. The Morgan fingerprint density at radius 1 is 1.15 bits per heavy atom. The molecule has 5 nitrogen and oxygen atoms in total. The van der Waals surface area contributed by atoms with Gasteiger partial charge in [0.05, 0.1) is 0 Å². The minimum atomic E-state index is -0.445. The summed E-state index contributed by atoms with van der Waals surface area (Å²) in [6.07, 6.45) is 5.06. The van der Waals surface area contributed by atoms with E-state index in [-0.39, 0.29) is 38.7 Å². The first-order chi connectivity index (χ1) is 12.8. The molecule has 2 aromatic carbocycles. The maximum absolute atomic E-state index is 12.7. The van der Waals surface area contributed by atoms with Crippen LogP contribution in [0.4, 0.5) is 0 Å². The van der Waals surface area contributed by atoms with E-state index in [1.54, 1.807) is 18.2 Å². The van der Waals surface area contributed by atoms with Crippen LogP contribution >= 0.6 is 22.6 Å². The maximum Gasteiger partial charge on any atom is 0.193 e. The molecule has 142 valence electrons. The molecule has 6 heteroatoms. The van der Waals surface area contributed by atoms with E-state index in [9.17, 15) is 20.1 Å². The summed E-state index contributed by atoms with van der Waals surface area (Å²) >= 11 is 1.97. The van der Waals surface area contributed by atoms with Gasteiger partial charge in [0.1, 0.15) is 33.2 Å². The number of ether oxygens (including phenoxy) is 1. The zero-order valence-electron chi connectivity index (χ0n) is 15.1. The van der Waals surface area contributed by atoms with Crippen LogP contribution in [0.1, 0.15) is 35.3 Å². The smallest absolute Gasteiger partial charge is 0.193 e. The van der Waals surface area contributed by atoms with Crippen LogP contribution in [0.5, 0.6) is 23.0 Å². The van der Waals surface area contributed by atoms with Gasteiger partial charge in [0.15, 0.2) is 5.78 Å². The third kappa shape index (κ3) is 5.50. The van der Waals surface area contributed by atoms with Crippen molar-refractivity contribution < 1.29 is 24.9 Å². The Balaban J connectivity index is 2.45. The Hall–Kier alpha value is -2.48. The molecule has 0 spiro atoms. The zero-order valence-corrected chi connectivity index (χ0v) is 17.2. The van der Waals surface area contributed by atoms with E-state index in [0.29, 0.717) is 6.42 Å². The quantitative estimate of drug-likeness (QED) is 0.171. The lowest BCUT2D eigenvalue weighted by atomic mass is 9.99.